The van der Waals surface area contributed by atoms with Crippen molar-refractivity contribution in [3.63, 3.8) is 0 Å². The first-order valence-electron chi connectivity index (χ1n) is 8.40. The van der Waals surface area contributed by atoms with E-state index >= 15 is 0 Å². The molecule has 0 bridgehead atoms. The number of nitrogens with zero attached hydrogens (tertiary/aromatic N) is 6. The number of nitriles is 1. The van der Waals surface area contributed by atoms with Gasteiger partial charge in [0.15, 0.2) is 5.82 Å². The molecule has 1 N–H and O–H groups in total. The first-order chi connectivity index (χ1) is 12.3. The van der Waals surface area contributed by atoms with Crippen molar-refractivity contribution < 1.29 is 0 Å². The highest BCUT2D eigenvalue weighted by Gasteiger charge is 2.20. The van der Waals surface area contributed by atoms with E-state index < -0.39 is 0 Å². The van der Waals surface area contributed by atoms with Gasteiger partial charge in [0.05, 0.1) is 11.8 Å². The fourth-order valence-electron chi connectivity index (χ4n) is 3.23. The van der Waals surface area contributed by atoms with Crippen LogP contribution in [-0.2, 0) is 0 Å². The summed E-state index contributed by atoms with van der Waals surface area (Å²) in [4.78, 5) is 15.8. The average Bonchev–Trinajstić information content (AvgIpc) is 3.11. The van der Waals surface area contributed by atoms with Gasteiger partial charge in [0, 0.05) is 32.0 Å². The molecule has 3 aromatic rings. The number of fused-ring (bicyclic) bond motifs is 1. The monoisotopic (exact) mass is 333 g/mol. The molecule has 126 valence electrons. The van der Waals surface area contributed by atoms with Crippen LogP contribution in [-0.4, -0.2) is 45.5 Å². The minimum atomic E-state index is 0.434. The van der Waals surface area contributed by atoms with Crippen molar-refractivity contribution in [3.05, 3.63) is 42.4 Å². The predicted molar refractivity (Wildman–Crippen MR) is 95.2 cm³/mol. The summed E-state index contributed by atoms with van der Waals surface area (Å²) >= 11 is 0. The maximum atomic E-state index is 9.13. The molecular formula is C18H19N7. The average molecular weight is 333 g/mol. The molecule has 3 aromatic heterocycles. The Kier molecular flexibility index (Phi) is 4.04. The van der Waals surface area contributed by atoms with Crippen molar-refractivity contribution in [3.8, 4) is 17.6 Å². The topological polar surface area (TPSA) is 82.1 Å². The van der Waals surface area contributed by atoms with Gasteiger partial charge in [-0.3, -0.25) is 4.40 Å². The van der Waals surface area contributed by atoms with Gasteiger partial charge < -0.3 is 10.2 Å². The second kappa shape index (κ2) is 6.49. The van der Waals surface area contributed by atoms with Gasteiger partial charge in [-0.05, 0) is 37.6 Å². The molecule has 7 nitrogen and oxygen atoms in total. The van der Waals surface area contributed by atoms with Crippen LogP contribution in [0.2, 0.25) is 0 Å². The molecule has 1 atom stereocenters. The number of aromatic nitrogens is 4. The van der Waals surface area contributed by atoms with E-state index in [-0.39, 0.29) is 0 Å². The summed E-state index contributed by atoms with van der Waals surface area (Å²) in [5.41, 5.74) is 2.13. The summed E-state index contributed by atoms with van der Waals surface area (Å²) in [6.45, 7) is 2.05. The number of hydrogen-bond acceptors (Lipinski definition) is 6. The molecule has 25 heavy (non-hydrogen) atoms. The molecule has 1 unspecified atom stereocenters. The van der Waals surface area contributed by atoms with E-state index in [1.165, 1.54) is 6.42 Å². The molecular weight excluding hydrogens is 314 g/mol. The number of likely N-dealkylation sites (N-methyl/N-ethyl adjacent to an activating group) is 1. The van der Waals surface area contributed by atoms with Crippen LogP contribution >= 0.6 is 0 Å². The Morgan fingerprint density at radius 2 is 2.24 bits per heavy atom. The van der Waals surface area contributed by atoms with Gasteiger partial charge in [-0.1, -0.05) is 0 Å². The number of nitrogens with one attached hydrogen (secondary N) is 1. The van der Waals surface area contributed by atoms with Crippen molar-refractivity contribution in [1.29, 1.82) is 5.26 Å². The first-order valence-corrected chi connectivity index (χ1v) is 8.40. The lowest BCUT2D eigenvalue weighted by Gasteiger charge is -2.32. The van der Waals surface area contributed by atoms with E-state index in [0.29, 0.717) is 17.4 Å². The van der Waals surface area contributed by atoms with E-state index in [2.05, 4.69) is 33.3 Å². The van der Waals surface area contributed by atoms with E-state index in [0.717, 1.165) is 36.7 Å². The van der Waals surface area contributed by atoms with Gasteiger partial charge in [0.2, 0.25) is 0 Å². The molecule has 1 fully saturated rings. The lowest BCUT2D eigenvalue weighted by atomic mass is 10.1. The van der Waals surface area contributed by atoms with Crippen LogP contribution in [0, 0.1) is 11.3 Å². The van der Waals surface area contributed by atoms with Gasteiger partial charge in [0.1, 0.15) is 23.2 Å². The van der Waals surface area contributed by atoms with Gasteiger partial charge >= 0.3 is 0 Å². The molecule has 0 amide bonds. The summed E-state index contributed by atoms with van der Waals surface area (Å²) < 4.78 is 1.86. The Hall–Kier alpha value is -2.98. The van der Waals surface area contributed by atoms with Crippen molar-refractivity contribution in [2.45, 2.75) is 18.9 Å². The van der Waals surface area contributed by atoms with Crippen LogP contribution in [0.5, 0.6) is 0 Å². The first kappa shape index (κ1) is 15.5. The number of hydrogen-bond donors (Lipinski definition) is 1. The fraction of sp³-hybridized carbons (Fsp3) is 0.333. The van der Waals surface area contributed by atoms with Crippen molar-refractivity contribution in [1.82, 2.24) is 24.7 Å². The van der Waals surface area contributed by atoms with Gasteiger partial charge in [-0.25, -0.2) is 15.0 Å². The van der Waals surface area contributed by atoms with Crippen LogP contribution in [0.15, 0.2) is 36.8 Å². The maximum absolute atomic E-state index is 9.13. The summed E-state index contributed by atoms with van der Waals surface area (Å²) in [7, 11) is 2.08. The molecule has 0 aromatic carbocycles. The number of pyridine rings is 1. The van der Waals surface area contributed by atoms with Crippen LogP contribution in [0.4, 0.5) is 5.82 Å². The standard InChI is InChI=1S/C18H19N7/c1-24(14-3-2-7-20-10-14)17-6-8-21-18(23-17)15-11-22-16-5-4-13(9-19)12-25(15)16/h4-6,8,11-12,14,20H,2-3,7,10H2,1H3. The largest absolute Gasteiger partial charge is 0.355 e. The Labute approximate surface area is 146 Å². The molecule has 0 aliphatic carbocycles. The van der Waals surface area contributed by atoms with Crippen LogP contribution in [0.3, 0.4) is 0 Å². The lowest BCUT2D eigenvalue weighted by molar-refractivity contribution is 0.443. The highest BCUT2D eigenvalue weighted by atomic mass is 15.2. The lowest BCUT2D eigenvalue weighted by Crippen LogP contribution is -2.44. The van der Waals surface area contributed by atoms with Crippen molar-refractivity contribution >= 4 is 11.5 Å². The summed E-state index contributed by atoms with van der Waals surface area (Å²) in [6.07, 6.45) is 7.62. The third-order valence-corrected chi connectivity index (χ3v) is 4.68. The molecule has 4 rings (SSSR count). The number of piperidine rings is 1. The van der Waals surface area contributed by atoms with Crippen LogP contribution in [0.1, 0.15) is 18.4 Å². The molecule has 1 saturated heterocycles. The minimum absolute atomic E-state index is 0.434. The van der Waals surface area contributed by atoms with Crippen LogP contribution < -0.4 is 10.2 Å². The zero-order valence-corrected chi connectivity index (χ0v) is 14.1. The Balaban J connectivity index is 1.71. The number of imidazole rings is 1. The molecule has 1 aliphatic heterocycles. The van der Waals surface area contributed by atoms with Crippen LogP contribution in [0.25, 0.3) is 17.2 Å². The normalized spacial score (nSPS) is 17.4. The van der Waals surface area contributed by atoms with Gasteiger partial charge in [-0.2, -0.15) is 5.26 Å². The van der Waals surface area contributed by atoms with Crippen molar-refractivity contribution in [2.75, 3.05) is 25.0 Å². The number of anilines is 1. The molecule has 1 aliphatic rings. The quantitative estimate of drug-likeness (QED) is 0.788. The summed E-state index contributed by atoms with van der Waals surface area (Å²) in [5, 5.41) is 12.6. The highest BCUT2D eigenvalue weighted by Crippen LogP contribution is 2.22. The molecule has 4 heterocycles. The molecule has 7 heteroatoms. The second-order valence-electron chi connectivity index (χ2n) is 6.25. The third-order valence-electron chi connectivity index (χ3n) is 4.68. The van der Waals surface area contributed by atoms with E-state index in [4.69, 9.17) is 10.2 Å². The SMILES string of the molecule is CN(c1ccnc(-c2cnc3ccc(C#N)cn23)n1)C1CCCNC1. The van der Waals surface area contributed by atoms with Gasteiger partial charge in [0.25, 0.3) is 0 Å². The minimum Gasteiger partial charge on any atom is -0.355 e. The zero-order chi connectivity index (χ0) is 17.2. The Morgan fingerprint density at radius 3 is 3.04 bits per heavy atom. The maximum Gasteiger partial charge on any atom is 0.180 e. The van der Waals surface area contributed by atoms with E-state index in [1.807, 2.05) is 16.5 Å². The summed E-state index contributed by atoms with van der Waals surface area (Å²) in [5.74, 6) is 1.50. The Bertz CT molecular complexity index is 934. The smallest absolute Gasteiger partial charge is 0.180 e. The van der Waals surface area contributed by atoms with Gasteiger partial charge in [-0.15, -0.1) is 0 Å². The highest BCUT2D eigenvalue weighted by molar-refractivity contribution is 5.59. The van der Waals surface area contributed by atoms with Crippen molar-refractivity contribution in [2.24, 2.45) is 0 Å². The van der Waals surface area contributed by atoms with E-state index in [1.54, 1.807) is 24.7 Å². The molecule has 0 spiro atoms. The predicted octanol–water partition coefficient (Wildman–Crippen LogP) is 1.85. The summed E-state index contributed by atoms with van der Waals surface area (Å²) in [6, 6.07) is 8.10. The van der Waals surface area contributed by atoms with E-state index in [9.17, 15) is 0 Å². The molecule has 0 radical (unpaired) electrons. The molecule has 0 saturated carbocycles. The second-order valence-corrected chi connectivity index (χ2v) is 6.25. The number of rotatable bonds is 3. The third kappa shape index (κ3) is 2.92. The zero-order valence-electron chi connectivity index (χ0n) is 14.1. The fourth-order valence-corrected chi connectivity index (χ4v) is 3.23. The Morgan fingerprint density at radius 1 is 1.32 bits per heavy atom.